The molecule has 0 aromatic heterocycles. The Hall–Kier alpha value is -2.09. The highest BCUT2D eigenvalue weighted by molar-refractivity contribution is 7.91. The third-order valence-electron chi connectivity index (χ3n) is 4.66. The van der Waals surface area contributed by atoms with Gasteiger partial charge in [-0.15, -0.1) is 0 Å². The average molecular weight is 383 g/mol. The maximum atomic E-state index is 12.4. The van der Waals surface area contributed by atoms with Crippen LogP contribution in [0.1, 0.15) is 24.5 Å². The van der Waals surface area contributed by atoms with E-state index in [1.54, 1.807) is 6.07 Å². The summed E-state index contributed by atoms with van der Waals surface area (Å²) in [6.45, 7) is 5.01. The van der Waals surface area contributed by atoms with E-state index in [0.717, 1.165) is 11.1 Å². The van der Waals surface area contributed by atoms with Crippen molar-refractivity contribution in [1.82, 2.24) is 4.90 Å². The summed E-state index contributed by atoms with van der Waals surface area (Å²) in [5, 5.41) is 0. The first-order chi connectivity index (χ1) is 12.1. The number of amides is 1. The molecule has 0 spiro atoms. The molecule has 144 valence electrons. The second-order valence-electron chi connectivity index (χ2n) is 6.62. The molecule has 1 aliphatic rings. The molecule has 8 heteroatoms. The van der Waals surface area contributed by atoms with Gasteiger partial charge in [0.2, 0.25) is 0 Å². The molecule has 1 aliphatic heterocycles. The van der Waals surface area contributed by atoms with Crippen LogP contribution in [0.25, 0.3) is 0 Å². The standard InChI is InChI=1S/C18H25NO6S/c1-12-6-5-7-16(13(12)2)24-10-17(20)25-14(3)18(21)19(4)15-8-9-26(22,23)11-15/h5-7,14-15H,8-11H2,1-4H3/t14-,15+/m0/s1. The number of hydrogen-bond acceptors (Lipinski definition) is 6. The number of likely N-dealkylation sites (N-methyl/N-ethyl adjacent to an activating group) is 1. The van der Waals surface area contributed by atoms with Crippen molar-refractivity contribution in [2.45, 2.75) is 39.3 Å². The molecule has 1 amide bonds. The van der Waals surface area contributed by atoms with E-state index in [0.29, 0.717) is 12.2 Å². The molecule has 1 fully saturated rings. The summed E-state index contributed by atoms with van der Waals surface area (Å²) < 4.78 is 33.7. The minimum absolute atomic E-state index is 0.0499. The normalized spacial score (nSPS) is 19.6. The summed E-state index contributed by atoms with van der Waals surface area (Å²) in [6, 6.07) is 5.17. The number of carbonyl (C=O) groups excluding carboxylic acids is 2. The van der Waals surface area contributed by atoms with Crippen LogP contribution in [0.15, 0.2) is 18.2 Å². The molecule has 1 aromatic carbocycles. The maximum absolute atomic E-state index is 12.4. The zero-order chi connectivity index (χ0) is 19.5. The first-order valence-corrected chi connectivity index (χ1v) is 10.3. The van der Waals surface area contributed by atoms with Crippen LogP contribution in [-0.2, 0) is 24.2 Å². The molecule has 2 atom stereocenters. The van der Waals surface area contributed by atoms with E-state index < -0.39 is 27.8 Å². The van der Waals surface area contributed by atoms with Crippen molar-refractivity contribution >= 4 is 21.7 Å². The fourth-order valence-corrected chi connectivity index (χ4v) is 4.62. The molecule has 0 saturated carbocycles. The number of hydrogen-bond donors (Lipinski definition) is 0. The van der Waals surface area contributed by atoms with Gasteiger partial charge in [0.15, 0.2) is 22.5 Å². The van der Waals surface area contributed by atoms with Crippen LogP contribution >= 0.6 is 0 Å². The highest BCUT2D eigenvalue weighted by Crippen LogP contribution is 2.21. The number of carbonyl (C=O) groups is 2. The van der Waals surface area contributed by atoms with Gasteiger partial charge in [0.25, 0.3) is 5.91 Å². The van der Waals surface area contributed by atoms with Gasteiger partial charge in [-0.25, -0.2) is 13.2 Å². The van der Waals surface area contributed by atoms with E-state index in [4.69, 9.17) is 9.47 Å². The van der Waals surface area contributed by atoms with E-state index in [-0.39, 0.29) is 24.2 Å². The van der Waals surface area contributed by atoms with Gasteiger partial charge in [-0.1, -0.05) is 12.1 Å². The van der Waals surface area contributed by atoms with E-state index in [9.17, 15) is 18.0 Å². The van der Waals surface area contributed by atoms with E-state index in [1.807, 2.05) is 26.0 Å². The van der Waals surface area contributed by atoms with Crippen LogP contribution < -0.4 is 4.74 Å². The molecule has 26 heavy (non-hydrogen) atoms. The van der Waals surface area contributed by atoms with Gasteiger partial charge in [-0.3, -0.25) is 4.79 Å². The summed E-state index contributed by atoms with van der Waals surface area (Å²) in [7, 11) is -1.56. The lowest BCUT2D eigenvalue weighted by Gasteiger charge is -2.26. The molecular formula is C18H25NO6S. The van der Waals surface area contributed by atoms with Gasteiger partial charge < -0.3 is 14.4 Å². The Morgan fingerprint density at radius 3 is 2.62 bits per heavy atom. The van der Waals surface area contributed by atoms with Crippen LogP contribution in [0.2, 0.25) is 0 Å². The van der Waals surface area contributed by atoms with Crippen molar-refractivity contribution in [3.8, 4) is 5.75 Å². The molecule has 1 aromatic rings. The minimum Gasteiger partial charge on any atom is -0.482 e. The molecule has 2 rings (SSSR count). The molecule has 0 radical (unpaired) electrons. The van der Waals surface area contributed by atoms with Crippen LogP contribution in [0.3, 0.4) is 0 Å². The highest BCUT2D eigenvalue weighted by atomic mass is 32.2. The lowest BCUT2D eigenvalue weighted by molar-refractivity contribution is -0.160. The summed E-state index contributed by atoms with van der Waals surface area (Å²) in [6.07, 6.45) is -0.598. The fraction of sp³-hybridized carbons (Fsp3) is 0.556. The number of esters is 1. The zero-order valence-corrected chi connectivity index (χ0v) is 16.3. The fourth-order valence-electron chi connectivity index (χ4n) is 2.85. The van der Waals surface area contributed by atoms with Crippen molar-refractivity contribution in [3.05, 3.63) is 29.3 Å². The Kier molecular flexibility index (Phi) is 6.28. The van der Waals surface area contributed by atoms with Gasteiger partial charge in [0, 0.05) is 13.1 Å². The van der Waals surface area contributed by atoms with Gasteiger partial charge in [-0.05, 0) is 44.4 Å². The molecule has 0 unspecified atom stereocenters. The van der Waals surface area contributed by atoms with Crippen molar-refractivity contribution in [2.24, 2.45) is 0 Å². The number of nitrogens with zero attached hydrogens (tertiary/aromatic N) is 1. The molecule has 0 bridgehead atoms. The first kappa shape index (κ1) is 20.2. The zero-order valence-electron chi connectivity index (χ0n) is 15.5. The van der Waals surface area contributed by atoms with E-state index in [1.165, 1.54) is 18.9 Å². The Labute approximate surface area is 154 Å². The summed E-state index contributed by atoms with van der Waals surface area (Å²) >= 11 is 0. The van der Waals surface area contributed by atoms with Crippen molar-refractivity contribution in [3.63, 3.8) is 0 Å². The second kappa shape index (κ2) is 8.07. The second-order valence-corrected chi connectivity index (χ2v) is 8.85. The number of sulfone groups is 1. The summed E-state index contributed by atoms with van der Waals surface area (Å²) in [4.78, 5) is 25.7. The minimum atomic E-state index is -3.09. The van der Waals surface area contributed by atoms with Gasteiger partial charge in [0.1, 0.15) is 5.75 Å². The van der Waals surface area contributed by atoms with Crippen LogP contribution in [0, 0.1) is 13.8 Å². The largest absolute Gasteiger partial charge is 0.482 e. The Morgan fingerprint density at radius 1 is 1.31 bits per heavy atom. The molecule has 1 heterocycles. The predicted octanol–water partition coefficient (Wildman–Crippen LogP) is 1.26. The Bertz CT molecular complexity index is 789. The summed E-state index contributed by atoms with van der Waals surface area (Å²) in [5.41, 5.74) is 1.99. The van der Waals surface area contributed by atoms with Gasteiger partial charge in [0.05, 0.1) is 11.5 Å². The number of benzene rings is 1. The molecule has 0 N–H and O–H groups in total. The predicted molar refractivity (Wildman–Crippen MR) is 96.8 cm³/mol. The number of ether oxygens (including phenoxy) is 2. The van der Waals surface area contributed by atoms with Gasteiger partial charge >= 0.3 is 5.97 Å². The lowest BCUT2D eigenvalue weighted by Crippen LogP contribution is -2.44. The topological polar surface area (TPSA) is 90.0 Å². The molecule has 1 saturated heterocycles. The number of rotatable bonds is 6. The highest BCUT2D eigenvalue weighted by Gasteiger charge is 2.34. The van der Waals surface area contributed by atoms with Crippen molar-refractivity contribution in [2.75, 3.05) is 25.2 Å². The van der Waals surface area contributed by atoms with Crippen molar-refractivity contribution in [1.29, 1.82) is 0 Å². The summed E-state index contributed by atoms with van der Waals surface area (Å²) in [5.74, 6) is -0.459. The lowest BCUT2D eigenvalue weighted by atomic mass is 10.1. The molecule has 7 nitrogen and oxygen atoms in total. The first-order valence-electron chi connectivity index (χ1n) is 8.46. The quantitative estimate of drug-likeness (QED) is 0.687. The van der Waals surface area contributed by atoms with Crippen LogP contribution in [-0.4, -0.2) is 62.5 Å². The van der Waals surface area contributed by atoms with Gasteiger partial charge in [-0.2, -0.15) is 0 Å². The molecule has 0 aliphatic carbocycles. The number of aryl methyl sites for hydroxylation is 1. The Morgan fingerprint density at radius 2 is 2.00 bits per heavy atom. The van der Waals surface area contributed by atoms with Crippen molar-refractivity contribution < 1.29 is 27.5 Å². The monoisotopic (exact) mass is 383 g/mol. The Balaban J connectivity index is 1.86. The van der Waals surface area contributed by atoms with Crippen LogP contribution in [0.5, 0.6) is 5.75 Å². The smallest absolute Gasteiger partial charge is 0.344 e. The van der Waals surface area contributed by atoms with Crippen LogP contribution in [0.4, 0.5) is 0 Å². The average Bonchev–Trinajstić information content (AvgIpc) is 2.94. The molecular weight excluding hydrogens is 358 g/mol. The third-order valence-corrected chi connectivity index (χ3v) is 6.41. The SMILES string of the molecule is Cc1cccc(OCC(=O)O[C@@H](C)C(=O)N(C)[C@@H]2CCS(=O)(=O)C2)c1C. The maximum Gasteiger partial charge on any atom is 0.344 e. The van der Waals surface area contributed by atoms with E-state index in [2.05, 4.69) is 0 Å². The van der Waals surface area contributed by atoms with E-state index >= 15 is 0 Å². The third kappa shape index (κ3) is 4.97.